The van der Waals surface area contributed by atoms with Crippen LogP contribution in [0.4, 0.5) is 10.5 Å². The molecule has 0 aromatic heterocycles. The third-order valence-electron chi connectivity index (χ3n) is 5.56. The highest BCUT2D eigenvalue weighted by Gasteiger charge is 2.38. The molecule has 2 aliphatic carbocycles. The number of esters is 1. The Bertz CT molecular complexity index is 688. The van der Waals surface area contributed by atoms with E-state index in [-0.39, 0.29) is 24.0 Å². The van der Waals surface area contributed by atoms with Crippen molar-refractivity contribution >= 4 is 17.7 Å². The molecular weight excluding hydrogens is 316 g/mol. The topological polar surface area (TPSA) is 58.6 Å². The zero-order chi connectivity index (χ0) is 17.6. The van der Waals surface area contributed by atoms with E-state index in [2.05, 4.69) is 11.4 Å². The third-order valence-corrected chi connectivity index (χ3v) is 5.56. The fourth-order valence-electron chi connectivity index (χ4n) is 4.28. The van der Waals surface area contributed by atoms with Gasteiger partial charge in [-0.15, -0.1) is 0 Å². The zero-order valence-corrected chi connectivity index (χ0v) is 15.1. The number of fused-ring (bicyclic) bond motifs is 2. The van der Waals surface area contributed by atoms with Crippen LogP contribution in [0.3, 0.4) is 0 Å². The largest absolute Gasteiger partial charge is 0.463 e. The number of amides is 2. The molecule has 1 aromatic rings. The molecule has 3 aliphatic rings. The van der Waals surface area contributed by atoms with Gasteiger partial charge in [0, 0.05) is 18.8 Å². The Balaban J connectivity index is 1.44. The number of hydrogen-bond acceptors (Lipinski definition) is 3. The summed E-state index contributed by atoms with van der Waals surface area (Å²) in [5, 5.41) is 3.18. The highest BCUT2D eigenvalue weighted by molar-refractivity contribution is 5.93. The van der Waals surface area contributed by atoms with Crippen molar-refractivity contribution < 1.29 is 14.3 Å². The molecule has 0 radical (unpaired) electrons. The van der Waals surface area contributed by atoms with E-state index in [0.29, 0.717) is 13.1 Å². The lowest BCUT2D eigenvalue weighted by Crippen LogP contribution is -2.55. The average Bonchev–Trinajstić information content (AvgIpc) is 3.12. The van der Waals surface area contributed by atoms with Crippen molar-refractivity contribution in [1.29, 1.82) is 0 Å². The minimum Gasteiger partial charge on any atom is -0.463 e. The number of carbonyl (C=O) groups excluding carboxylic acids is 2. The van der Waals surface area contributed by atoms with Crippen LogP contribution in [0, 0.1) is 5.92 Å². The minimum atomic E-state index is -0.194. The van der Waals surface area contributed by atoms with E-state index in [1.54, 1.807) is 4.90 Å². The highest BCUT2D eigenvalue weighted by Crippen LogP contribution is 2.38. The van der Waals surface area contributed by atoms with Gasteiger partial charge in [-0.05, 0) is 74.6 Å². The zero-order valence-electron chi connectivity index (χ0n) is 15.1. The first-order valence-corrected chi connectivity index (χ1v) is 9.46. The summed E-state index contributed by atoms with van der Waals surface area (Å²) in [6.07, 6.45) is 6.60. The van der Waals surface area contributed by atoms with Crippen LogP contribution < -0.4 is 5.32 Å². The number of urea groups is 1. The van der Waals surface area contributed by atoms with Crippen molar-refractivity contribution in [1.82, 2.24) is 4.90 Å². The Kier molecular flexibility index (Phi) is 4.18. The standard InChI is InChI=1S/C20H26N2O3/c1-12(2)25-19(23)15-10-22(11-15)20(24)21-18-16-7-3-5-13(16)9-14-6-4-8-17(14)18/h9,12,15H,3-8,10-11H2,1-2H3,(H,21,24). The molecule has 1 N–H and O–H groups in total. The number of rotatable bonds is 3. The van der Waals surface area contributed by atoms with Crippen LogP contribution in [0.5, 0.6) is 0 Å². The summed E-state index contributed by atoms with van der Waals surface area (Å²) >= 11 is 0. The second-order valence-electron chi connectivity index (χ2n) is 7.75. The summed E-state index contributed by atoms with van der Waals surface area (Å²) in [4.78, 5) is 26.2. The van der Waals surface area contributed by atoms with Crippen molar-refractivity contribution in [3.63, 3.8) is 0 Å². The monoisotopic (exact) mass is 342 g/mol. The molecule has 4 rings (SSSR count). The Morgan fingerprint density at radius 3 is 2.24 bits per heavy atom. The van der Waals surface area contributed by atoms with Gasteiger partial charge in [0.2, 0.25) is 0 Å². The number of hydrogen-bond donors (Lipinski definition) is 1. The van der Waals surface area contributed by atoms with Gasteiger partial charge in [0.15, 0.2) is 0 Å². The van der Waals surface area contributed by atoms with E-state index in [9.17, 15) is 9.59 Å². The first kappa shape index (κ1) is 16.4. The van der Waals surface area contributed by atoms with Gasteiger partial charge < -0.3 is 15.0 Å². The lowest BCUT2D eigenvalue weighted by Gasteiger charge is -2.38. The van der Waals surface area contributed by atoms with Crippen LogP contribution in [-0.4, -0.2) is 36.1 Å². The van der Waals surface area contributed by atoms with E-state index in [4.69, 9.17) is 4.74 Å². The molecule has 0 unspecified atom stereocenters. The van der Waals surface area contributed by atoms with Crippen LogP contribution >= 0.6 is 0 Å². The summed E-state index contributed by atoms with van der Waals surface area (Å²) in [5.74, 6) is -0.374. The molecule has 25 heavy (non-hydrogen) atoms. The maximum Gasteiger partial charge on any atom is 0.321 e. The van der Waals surface area contributed by atoms with Gasteiger partial charge in [-0.1, -0.05) is 6.07 Å². The number of likely N-dealkylation sites (tertiary alicyclic amines) is 1. The highest BCUT2D eigenvalue weighted by atomic mass is 16.5. The van der Waals surface area contributed by atoms with Crippen LogP contribution in [0.25, 0.3) is 0 Å². The van der Waals surface area contributed by atoms with Gasteiger partial charge in [-0.3, -0.25) is 4.79 Å². The molecule has 0 bridgehead atoms. The van der Waals surface area contributed by atoms with Crippen LogP contribution in [0.15, 0.2) is 6.07 Å². The van der Waals surface area contributed by atoms with E-state index < -0.39 is 0 Å². The van der Waals surface area contributed by atoms with E-state index in [1.165, 1.54) is 35.1 Å². The van der Waals surface area contributed by atoms with Crippen molar-refractivity contribution in [2.24, 2.45) is 5.92 Å². The number of nitrogens with zero attached hydrogens (tertiary/aromatic N) is 1. The third kappa shape index (κ3) is 3.00. The minimum absolute atomic E-state index is 0.0806. The normalized spacial score (nSPS) is 18.8. The number of benzene rings is 1. The smallest absolute Gasteiger partial charge is 0.321 e. The molecule has 1 aromatic carbocycles. The quantitative estimate of drug-likeness (QED) is 0.859. The Morgan fingerprint density at radius 1 is 1.08 bits per heavy atom. The summed E-state index contributed by atoms with van der Waals surface area (Å²) in [7, 11) is 0. The van der Waals surface area contributed by atoms with Gasteiger partial charge >= 0.3 is 12.0 Å². The molecule has 5 nitrogen and oxygen atoms in total. The summed E-state index contributed by atoms with van der Waals surface area (Å²) in [5.41, 5.74) is 6.58. The first-order chi connectivity index (χ1) is 12.0. The number of nitrogens with one attached hydrogen (secondary N) is 1. The predicted molar refractivity (Wildman–Crippen MR) is 95.8 cm³/mol. The maximum absolute atomic E-state index is 12.6. The Hall–Kier alpha value is -2.04. The van der Waals surface area contributed by atoms with Crippen LogP contribution in [0.1, 0.15) is 48.9 Å². The predicted octanol–water partition coefficient (Wildman–Crippen LogP) is 3.08. The number of anilines is 1. The van der Waals surface area contributed by atoms with Crippen molar-refractivity contribution in [3.05, 3.63) is 28.3 Å². The van der Waals surface area contributed by atoms with Crippen molar-refractivity contribution in [2.75, 3.05) is 18.4 Å². The molecule has 1 heterocycles. The molecule has 0 saturated carbocycles. The Labute approximate surface area is 148 Å². The Morgan fingerprint density at radius 2 is 1.68 bits per heavy atom. The van der Waals surface area contributed by atoms with Crippen LogP contribution in [-0.2, 0) is 35.2 Å². The van der Waals surface area contributed by atoms with Crippen LogP contribution in [0.2, 0.25) is 0 Å². The molecule has 134 valence electrons. The molecule has 5 heteroatoms. The maximum atomic E-state index is 12.6. The molecule has 2 amide bonds. The fourth-order valence-corrected chi connectivity index (χ4v) is 4.28. The summed E-state index contributed by atoms with van der Waals surface area (Å²) in [6.45, 7) is 4.60. The van der Waals surface area contributed by atoms with Gasteiger partial charge in [-0.2, -0.15) is 0 Å². The fraction of sp³-hybridized carbons (Fsp3) is 0.600. The summed E-state index contributed by atoms with van der Waals surface area (Å²) < 4.78 is 5.22. The molecular formula is C20H26N2O3. The molecule has 1 fully saturated rings. The SMILES string of the molecule is CC(C)OC(=O)C1CN(C(=O)Nc2c3c(cc4c2CCC4)CCC3)C1. The van der Waals surface area contributed by atoms with Gasteiger partial charge in [-0.25, -0.2) is 4.79 Å². The second-order valence-corrected chi connectivity index (χ2v) is 7.75. The second kappa shape index (κ2) is 6.36. The average molecular weight is 342 g/mol. The first-order valence-electron chi connectivity index (χ1n) is 9.46. The number of carbonyl (C=O) groups is 2. The van der Waals surface area contributed by atoms with Crippen molar-refractivity contribution in [2.45, 2.75) is 58.5 Å². The molecule has 1 aliphatic heterocycles. The molecule has 0 spiro atoms. The molecule has 0 atom stereocenters. The van der Waals surface area contributed by atoms with Gasteiger partial charge in [0.25, 0.3) is 0 Å². The van der Waals surface area contributed by atoms with E-state index in [0.717, 1.165) is 31.4 Å². The lowest BCUT2D eigenvalue weighted by molar-refractivity contribution is -0.156. The van der Waals surface area contributed by atoms with E-state index in [1.807, 2.05) is 13.8 Å². The lowest BCUT2D eigenvalue weighted by atomic mass is 9.98. The molecule has 1 saturated heterocycles. The van der Waals surface area contributed by atoms with Gasteiger partial charge in [0.05, 0.1) is 12.0 Å². The van der Waals surface area contributed by atoms with E-state index >= 15 is 0 Å². The summed E-state index contributed by atoms with van der Waals surface area (Å²) in [6, 6.07) is 2.28. The van der Waals surface area contributed by atoms with Crippen molar-refractivity contribution in [3.8, 4) is 0 Å². The number of ether oxygens (including phenoxy) is 1. The number of aryl methyl sites for hydroxylation is 2. The van der Waals surface area contributed by atoms with Gasteiger partial charge in [0.1, 0.15) is 0 Å².